The van der Waals surface area contributed by atoms with E-state index in [1.54, 1.807) is 0 Å². The summed E-state index contributed by atoms with van der Waals surface area (Å²) < 4.78 is 26.7. The Bertz CT molecular complexity index is 706. The van der Waals surface area contributed by atoms with Crippen molar-refractivity contribution in [2.45, 2.75) is 18.7 Å². The predicted molar refractivity (Wildman–Crippen MR) is 78.3 cm³/mol. The largest absolute Gasteiger partial charge is 0.397 e. The molecule has 2 aromatic rings. The lowest BCUT2D eigenvalue weighted by atomic mass is 10.3. The first kappa shape index (κ1) is 14.1. The molecule has 0 fully saturated rings. The van der Waals surface area contributed by atoms with Crippen molar-refractivity contribution in [3.63, 3.8) is 0 Å². The average molecular weight is 318 g/mol. The topological polar surface area (TPSA) is 85.1 Å². The normalized spacial score (nSPS) is 11.5. The number of anilines is 2. The third kappa shape index (κ3) is 2.99. The van der Waals surface area contributed by atoms with Gasteiger partial charge in [0.1, 0.15) is 0 Å². The molecule has 0 unspecified atom stereocenters. The molecule has 1 aromatic carbocycles. The van der Waals surface area contributed by atoms with Crippen molar-refractivity contribution in [3.05, 3.63) is 33.8 Å². The van der Waals surface area contributed by atoms with Crippen LogP contribution in [0.15, 0.2) is 23.1 Å². The lowest BCUT2D eigenvalue weighted by Gasteiger charge is -2.06. The molecule has 2 rings (SSSR count). The van der Waals surface area contributed by atoms with E-state index < -0.39 is 10.0 Å². The highest BCUT2D eigenvalue weighted by Crippen LogP contribution is 2.26. The standard InChI is InChI=1S/C11H12ClN3O2S2/c1-6-7(2)18-11(14-6)15-19(16,17)8-3-4-9(12)10(13)5-8/h3-5H,13H2,1-2H3,(H,14,15). The third-order valence-corrected chi connectivity index (χ3v) is 5.33. The highest BCUT2D eigenvalue weighted by atomic mass is 35.5. The smallest absolute Gasteiger partial charge is 0.263 e. The molecule has 0 spiro atoms. The second-order valence-electron chi connectivity index (χ2n) is 3.95. The van der Waals surface area contributed by atoms with Gasteiger partial charge in [0.05, 0.1) is 21.3 Å². The summed E-state index contributed by atoms with van der Waals surface area (Å²) in [6, 6.07) is 4.16. The summed E-state index contributed by atoms with van der Waals surface area (Å²) in [4.78, 5) is 5.15. The maximum absolute atomic E-state index is 12.1. The van der Waals surface area contributed by atoms with Gasteiger partial charge in [-0.05, 0) is 32.0 Å². The molecular weight excluding hydrogens is 306 g/mol. The monoisotopic (exact) mass is 317 g/mol. The van der Waals surface area contributed by atoms with E-state index in [4.69, 9.17) is 17.3 Å². The summed E-state index contributed by atoms with van der Waals surface area (Å²) >= 11 is 7.05. The van der Waals surface area contributed by atoms with Gasteiger partial charge in [-0.1, -0.05) is 11.6 Å². The van der Waals surface area contributed by atoms with Crippen molar-refractivity contribution in [1.82, 2.24) is 4.98 Å². The molecule has 8 heteroatoms. The second-order valence-corrected chi connectivity index (χ2v) is 7.24. The fourth-order valence-corrected chi connectivity index (χ4v) is 3.58. The molecule has 1 aromatic heterocycles. The van der Waals surface area contributed by atoms with Crippen LogP contribution in [-0.4, -0.2) is 13.4 Å². The molecule has 0 atom stereocenters. The van der Waals surface area contributed by atoms with Crippen molar-refractivity contribution >= 4 is 43.8 Å². The maximum atomic E-state index is 12.1. The molecule has 1 heterocycles. The van der Waals surface area contributed by atoms with Gasteiger partial charge in [-0.25, -0.2) is 13.4 Å². The molecule has 0 aliphatic rings. The molecule has 5 nitrogen and oxygen atoms in total. The van der Waals surface area contributed by atoms with Gasteiger partial charge in [0.25, 0.3) is 10.0 Å². The lowest BCUT2D eigenvalue weighted by molar-refractivity contribution is 0.601. The molecule has 0 bridgehead atoms. The number of aryl methyl sites for hydroxylation is 2. The van der Waals surface area contributed by atoms with Crippen LogP contribution in [0.1, 0.15) is 10.6 Å². The Morgan fingerprint density at radius 2 is 2.05 bits per heavy atom. The molecule has 3 N–H and O–H groups in total. The Labute approximate surface area is 120 Å². The van der Waals surface area contributed by atoms with Crippen LogP contribution in [0, 0.1) is 13.8 Å². The third-order valence-electron chi connectivity index (χ3n) is 2.53. The van der Waals surface area contributed by atoms with Crippen LogP contribution in [-0.2, 0) is 10.0 Å². The fourth-order valence-electron chi connectivity index (χ4n) is 1.38. The van der Waals surface area contributed by atoms with Crippen LogP contribution in [0.4, 0.5) is 10.8 Å². The van der Waals surface area contributed by atoms with Crippen molar-refractivity contribution in [3.8, 4) is 0 Å². The summed E-state index contributed by atoms with van der Waals surface area (Å²) in [6.07, 6.45) is 0. The van der Waals surface area contributed by atoms with Crippen LogP contribution >= 0.6 is 22.9 Å². The van der Waals surface area contributed by atoms with Gasteiger partial charge in [0.2, 0.25) is 0 Å². The summed E-state index contributed by atoms with van der Waals surface area (Å²) in [5.41, 5.74) is 6.62. The quantitative estimate of drug-likeness (QED) is 0.852. The minimum Gasteiger partial charge on any atom is -0.397 e. The first-order valence-electron chi connectivity index (χ1n) is 5.31. The number of benzene rings is 1. The van der Waals surface area contributed by atoms with E-state index in [0.29, 0.717) is 10.2 Å². The Balaban J connectivity index is 2.34. The highest BCUT2D eigenvalue weighted by molar-refractivity contribution is 7.93. The molecule has 0 radical (unpaired) electrons. The van der Waals surface area contributed by atoms with Crippen LogP contribution in [0.2, 0.25) is 5.02 Å². The number of nitrogen functional groups attached to an aromatic ring is 1. The van der Waals surface area contributed by atoms with E-state index in [1.165, 1.54) is 29.5 Å². The number of halogens is 1. The predicted octanol–water partition coefficient (Wildman–Crippen LogP) is 2.80. The van der Waals surface area contributed by atoms with Gasteiger partial charge in [-0.15, -0.1) is 11.3 Å². The number of hydrogen-bond donors (Lipinski definition) is 2. The van der Waals surface area contributed by atoms with E-state index in [9.17, 15) is 8.42 Å². The number of nitrogens with two attached hydrogens (primary N) is 1. The fraction of sp³-hybridized carbons (Fsp3) is 0.182. The minimum atomic E-state index is -3.70. The Morgan fingerprint density at radius 1 is 1.37 bits per heavy atom. The summed E-state index contributed by atoms with van der Waals surface area (Å²) in [6.45, 7) is 3.70. The Kier molecular flexibility index (Phi) is 3.71. The molecule has 19 heavy (non-hydrogen) atoms. The molecule has 0 saturated carbocycles. The molecule has 0 aliphatic carbocycles. The Morgan fingerprint density at radius 3 is 2.58 bits per heavy atom. The van der Waals surface area contributed by atoms with Crippen molar-refractivity contribution in [2.24, 2.45) is 0 Å². The molecular formula is C11H12ClN3O2S2. The number of nitrogens with one attached hydrogen (secondary N) is 1. The van der Waals surface area contributed by atoms with E-state index in [0.717, 1.165) is 10.6 Å². The van der Waals surface area contributed by atoms with Crippen LogP contribution in [0.3, 0.4) is 0 Å². The maximum Gasteiger partial charge on any atom is 0.263 e. The molecule has 0 aliphatic heterocycles. The van der Waals surface area contributed by atoms with Crippen LogP contribution < -0.4 is 10.5 Å². The van der Waals surface area contributed by atoms with Crippen LogP contribution in [0.5, 0.6) is 0 Å². The zero-order valence-corrected chi connectivity index (χ0v) is 12.7. The lowest BCUT2D eigenvalue weighted by Crippen LogP contribution is -2.13. The summed E-state index contributed by atoms with van der Waals surface area (Å²) in [5.74, 6) is 0. The van der Waals surface area contributed by atoms with Gasteiger partial charge in [-0.3, -0.25) is 4.72 Å². The van der Waals surface area contributed by atoms with Gasteiger partial charge in [0.15, 0.2) is 5.13 Å². The van der Waals surface area contributed by atoms with Gasteiger partial charge in [-0.2, -0.15) is 0 Å². The number of rotatable bonds is 3. The number of nitrogens with zero attached hydrogens (tertiary/aromatic N) is 1. The first-order valence-corrected chi connectivity index (χ1v) is 7.99. The van der Waals surface area contributed by atoms with Crippen LogP contribution in [0.25, 0.3) is 0 Å². The second kappa shape index (κ2) is 4.99. The number of sulfonamides is 1. The molecule has 0 saturated heterocycles. The van der Waals surface area contributed by atoms with E-state index in [2.05, 4.69) is 9.71 Å². The SMILES string of the molecule is Cc1nc(NS(=O)(=O)c2ccc(Cl)c(N)c2)sc1C. The van der Waals surface area contributed by atoms with Gasteiger partial charge < -0.3 is 5.73 Å². The zero-order valence-electron chi connectivity index (χ0n) is 10.3. The first-order chi connectivity index (χ1) is 8.79. The van der Waals surface area contributed by atoms with Gasteiger partial charge >= 0.3 is 0 Å². The van der Waals surface area contributed by atoms with E-state index in [-0.39, 0.29) is 10.6 Å². The minimum absolute atomic E-state index is 0.0555. The average Bonchev–Trinajstić information content (AvgIpc) is 2.60. The van der Waals surface area contributed by atoms with Crippen molar-refractivity contribution in [2.75, 3.05) is 10.5 Å². The van der Waals surface area contributed by atoms with Crippen molar-refractivity contribution < 1.29 is 8.42 Å². The summed E-state index contributed by atoms with van der Waals surface area (Å²) in [7, 11) is -3.70. The van der Waals surface area contributed by atoms with Gasteiger partial charge in [0, 0.05) is 4.88 Å². The Hall–Kier alpha value is -1.31. The van der Waals surface area contributed by atoms with E-state index in [1.807, 2.05) is 13.8 Å². The molecule has 0 amide bonds. The highest BCUT2D eigenvalue weighted by Gasteiger charge is 2.17. The van der Waals surface area contributed by atoms with Crippen molar-refractivity contribution in [1.29, 1.82) is 0 Å². The summed E-state index contributed by atoms with van der Waals surface area (Å²) in [5, 5.41) is 0.656. The number of hydrogen-bond acceptors (Lipinski definition) is 5. The number of aromatic nitrogens is 1. The number of thiazole rings is 1. The zero-order chi connectivity index (χ0) is 14.2. The molecule has 102 valence electrons. The van der Waals surface area contributed by atoms with E-state index >= 15 is 0 Å².